The van der Waals surface area contributed by atoms with Gasteiger partial charge in [0.2, 0.25) is 0 Å². The van der Waals surface area contributed by atoms with Crippen molar-refractivity contribution in [2.75, 3.05) is 11.9 Å². The maximum Gasteiger partial charge on any atom is 0.349 e. The smallest absolute Gasteiger partial charge is 0.349 e. The number of ether oxygens (including phenoxy) is 1. The summed E-state index contributed by atoms with van der Waals surface area (Å²) in [4.78, 5) is 34.9. The molecule has 0 unspecified atom stereocenters. The van der Waals surface area contributed by atoms with Crippen molar-refractivity contribution in [1.82, 2.24) is 4.57 Å². The second kappa shape index (κ2) is 10.2. The maximum atomic E-state index is 12.3. The third-order valence-corrected chi connectivity index (χ3v) is 4.66. The van der Waals surface area contributed by atoms with E-state index in [9.17, 15) is 25.0 Å². The fourth-order valence-corrected chi connectivity index (χ4v) is 3.13. The molecule has 2 rings (SSSR count). The summed E-state index contributed by atoms with van der Waals surface area (Å²) in [5, 5.41) is 22.8. The second-order valence-electron chi connectivity index (χ2n) is 7.05. The zero-order valence-electron chi connectivity index (χ0n) is 17.9. The molecule has 0 spiro atoms. The van der Waals surface area contributed by atoms with Crippen molar-refractivity contribution in [3.05, 3.63) is 62.5 Å². The van der Waals surface area contributed by atoms with Crippen molar-refractivity contribution in [3.8, 4) is 6.07 Å². The first-order valence-corrected chi connectivity index (χ1v) is 9.68. The van der Waals surface area contributed by atoms with Gasteiger partial charge in [-0.3, -0.25) is 14.9 Å². The zero-order chi connectivity index (χ0) is 23.1. The highest BCUT2D eigenvalue weighted by Crippen LogP contribution is 2.25. The molecule has 0 aliphatic rings. The van der Waals surface area contributed by atoms with Crippen molar-refractivity contribution in [2.24, 2.45) is 0 Å². The highest BCUT2D eigenvalue weighted by molar-refractivity contribution is 6.00. The number of nitro benzene ring substituents is 1. The van der Waals surface area contributed by atoms with Gasteiger partial charge in [-0.05, 0) is 56.5 Å². The lowest BCUT2D eigenvalue weighted by atomic mass is 10.1. The fourth-order valence-electron chi connectivity index (χ4n) is 3.13. The van der Waals surface area contributed by atoms with Gasteiger partial charge in [-0.25, -0.2) is 4.79 Å². The lowest BCUT2D eigenvalue weighted by Gasteiger charge is -2.08. The number of anilines is 1. The highest BCUT2D eigenvalue weighted by Gasteiger charge is 2.18. The van der Waals surface area contributed by atoms with Gasteiger partial charge in [-0.2, -0.15) is 5.26 Å². The summed E-state index contributed by atoms with van der Waals surface area (Å²) in [6.45, 7) is 7.73. The Kier molecular flexibility index (Phi) is 7.69. The zero-order valence-corrected chi connectivity index (χ0v) is 17.9. The van der Waals surface area contributed by atoms with Gasteiger partial charge < -0.3 is 14.6 Å². The summed E-state index contributed by atoms with van der Waals surface area (Å²) in [7, 11) is 0. The van der Waals surface area contributed by atoms with Crippen LogP contribution in [-0.2, 0) is 20.9 Å². The molecule has 162 valence electrons. The number of hydrogen-bond donors (Lipinski definition) is 1. The Bertz CT molecular complexity index is 1090. The summed E-state index contributed by atoms with van der Waals surface area (Å²) in [6, 6.07) is 8.01. The van der Waals surface area contributed by atoms with Crippen LogP contribution in [0.2, 0.25) is 0 Å². The third-order valence-electron chi connectivity index (χ3n) is 4.66. The maximum absolute atomic E-state index is 12.3. The molecule has 9 nitrogen and oxygen atoms in total. The molecule has 31 heavy (non-hydrogen) atoms. The molecular weight excluding hydrogens is 400 g/mol. The van der Waals surface area contributed by atoms with Crippen molar-refractivity contribution >= 4 is 29.3 Å². The Balaban J connectivity index is 2.08. The number of carbonyl (C=O) groups is 2. The molecule has 9 heteroatoms. The van der Waals surface area contributed by atoms with Crippen LogP contribution in [0.25, 0.3) is 6.08 Å². The minimum Gasteiger partial charge on any atom is -0.451 e. The molecule has 0 aliphatic heterocycles. The molecule has 0 aliphatic carbocycles. The number of aryl methyl sites for hydroxylation is 2. The van der Waals surface area contributed by atoms with E-state index in [-0.39, 0.29) is 16.9 Å². The van der Waals surface area contributed by atoms with E-state index in [1.807, 2.05) is 19.9 Å². The Morgan fingerprint density at radius 2 is 2.00 bits per heavy atom. The highest BCUT2D eigenvalue weighted by atomic mass is 16.6. The largest absolute Gasteiger partial charge is 0.451 e. The van der Waals surface area contributed by atoms with Crippen molar-refractivity contribution < 1.29 is 19.2 Å². The summed E-state index contributed by atoms with van der Waals surface area (Å²) in [5.74, 6) is -1.70. The number of nitriles is 1. The summed E-state index contributed by atoms with van der Waals surface area (Å²) >= 11 is 0. The molecule has 0 radical (unpaired) electrons. The van der Waals surface area contributed by atoms with Crippen LogP contribution in [0, 0.1) is 42.2 Å². The van der Waals surface area contributed by atoms with Crippen LogP contribution in [0.3, 0.4) is 0 Å². The Hall–Kier alpha value is -3.93. The normalized spacial score (nSPS) is 11.0. The van der Waals surface area contributed by atoms with E-state index in [2.05, 4.69) is 16.8 Å². The number of hydrogen-bond acceptors (Lipinski definition) is 6. The van der Waals surface area contributed by atoms with E-state index in [0.29, 0.717) is 5.56 Å². The van der Waals surface area contributed by atoms with Gasteiger partial charge in [0, 0.05) is 24.0 Å². The van der Waals surface area contributed by atoms with Gasteiger partial charge in [0.05, 0.1) is 4.92 Å². The van der Waals surface area contributed by atoms with Gasteiger partial charge in [-0.1, -0.05) is 13.0 Å². The Morgan fingerprint density at radius 1 is 1.29 bits per heavy atom. The molecule has 1 aromatic heterocycles. The van der Waals surface area contributed by atoms with Crippen LogP contribution in [0.4, 0.5) is 11.4 Å². The predicted molar refractivity (Wildman–Crippen MR) is 115 cm³/mol. The number of esters is 1. The van der Waals surface area contributed by atoms with Gasteiger partial charge in [0.15, 0.2) is 6.61 Å². The number of rotatable bonds is 8. The second-order valence-corrected chi connectivity index (χ2v) is 7.05. The Morgan fingerprint density at radius 3 is 2.61 bits per heavy atom. The summed E-state index contributed by atoms with van der Waals surface area (Å²) in [6.07, 6.45) is 2.38. The lowest BCUT2D eigenvalue weighted by molar-refractivity contribution is -0.384. The molecule has 1 aromatic carbocycles. The number of nitrogens with one attached hydrogen (secondary N) is 1. The van der Waals surface area contributed by atoms with E-state index in [1.165, 1.54) is 18.2 Å². The average Bonchev–Trinajstić information content (AvgIpc) is 2.99. The average molecular weight is 424 g/mol. The molecule has 0 bridgehead atoms. The van der Waals surface area contributed by atoms with E-state index in [1.54, 1.807) is 19.1 Å². The number of benzene rings is 1. The van der Waals surface area contributed by atoms with Crippen LogP contribution < -0.4 is 5.32 Å². The number of nitro groups is 1. The first-order valence-electron chi connectivity index (χ1n) is 9.68. The number of carbonyl (C=O) groups excluding carboxylic acids is 2. The van der Waals surface area contributed by atoms with Gasteiger partial charge in [-0.15, -0.1) is 0 Å². The molecular formula is C22H24N4O5. The van der Waals surface area contributed by atoms with Gasteiger partial charge in [0.25, 0.3) is 11.6 Å². The van der Waals surface area contributed by atoms with Crippen LogP contribution in [0.1, 0.15) is 35.9 Å². The number of amides is 1. The van der Waals surface area contributed by atoms with E-state index in [0.717, 1.165) is 29.9 Å². The first kappa shape index (κ1) is 23.3. The van der Waals surface area contributed by atoms with Crippen LogP contribution in [-0.4, -0.2) is 28.0 Å². The van der Waals surface area contributed by atoms with Gasteiger partial charge in [0.1, 0.15) is 17.3 Å². The van der Waals surface area contributed by atoms with Crippen molar-refractivity contribution in [1.29, 1.82) is 5.26 Å². The minimum atomic E-state index is -0.948. The molecule has 0 saturated heterocycles. The van der Waals surface area contributed by atoms with Crippen molar-refractivity contribution in [3.63, 3.8) is 0 Å². The standard InChI is InChI=1S/C22H24N4O5/c1-5-8-25-15(3)10-17(16(25)4)11-18(12-23)22(28)31-13-21(27)24-19-7-6-14(2)9-20(19)26(29)30/h6-7,9-11H,5,8,13H2,1-4H3,(H,24,27). The van der Waals surface area contributed by atoms with Crippen LogP contribution >= 0.6 is 0 Å². The monoisotopic (exact) mass is 424 g/mol. The molecule has 0 atom stereocenters. The topological polar surface area (TPSA) is 127 Å². The summed E-state index contributed by atoms with van der Waals surface area (Å²) in [5.41, 5.74) is 2.80. The molecule has 1 amide bonds. The first-order chi connectivity index (χ1) is 14.7. The molecule has 1 N–H and O–H groups in total. The van der Waals surface area contributed by atoms with E-state index >= 15 is 0 Å². The third kappa shape index (κ3) is 5.79. The van der Waals surface area contributed by atoms with Crippen LogP contribution in [0.15, 0.2) is 29.8 Å². The number of nitrogens with zero attached hydrogens (tertiary/aromatic N) is 3. The minimum absolute atomic E-state index is 0.00365. The quantitative estimate of drug-likeness (QED) is 0.226. The summed E-state index contributed by atoms with van der Waals surface area (Å²) < 4.78 is 7.02. The molecule has 2 aromatic rings. The number of aromatic nitrogens is 1. The predicted octanol–water partition coefficient (Wildman–Crippen LogP) is 3.82. The van der Waals surface area contributed by atoms with Gasteiger partial charge >= 0.3 is 5.97 Å². The molecule has 0 fully saturated rings. The molecule has 1 heterocycles. The van der Waals surface area contributed by atoms with E-state index in [4.69, 9.17) is 4.74 Å². The van der Waals surface area contributed by atoms with Crippen molar-refractivity contribution in [2.45, 2.75) is 40.7 Å². The molecule has 0 saturated carbocycles. The SMILES string of the molecule is CCCn1c(C)cc(C=C(C#N)C(=O)OCC(=O)Nc2ccc(C)cc2[N+](=O)[O-])c1C. The van der Waals surface area contributed by atoms with E-state index < -0.39 is 23.4 Å². The lowest BCUT2D eigenvalue weighted by Crippen LogP contribution is -2.22. The Labute approximate surface area is 180 Å². The fraction of sp³-hybridized carbons (Fsp3) is 0.318. The van der Waals surface area contributed by atoms with Crippen LogP contribution in [0.5, 0.6) is 0 Å².